The van der Waals surface area contributed by atoms with Crippen LogP contribution in [0.4, 0.5) is 9.18 Å². The first kappa shape index (κ1) is 21.7. The molecule has 1 fully saturated rings. The second-order valence-electron chi connectivity index (χ2n) is 7.45. The van der Waals surface area contributed by atoms with Gasteiger partial charge in [-0.15, -0.1) is 0 Å². The van der Waals surface area contributed by atoms with Crippen molar-refractivity contribution in [1.29, 1.82) is 0 Å². The van der Waals surface area contributed by atoms with Crippen LogP contribution < -0.4 is 25.2 Å². The fourth-order valence-corrected chi connectivity index (χ4v) is 4.01. The lowest BCUT2D eigenvalue weighted by Gasteiger charge is -2.34. The van der Waals surface area contributed by atoms with Crippen LogP contribution in [0.25, 0.3) is 0 Å². The number of amides is 3. The van der Waals surface area contributed by atoms with Gasteiger partial charge < -0.3 is 19.9 Å². The summed E-state index contributed by atoms with van der Waals surface area (Å²) in [6, 6.07) is 13.1. The van der Waals surface area contributed by atoms with Crippen molar-refractivity contribution in [2.45, 2.75) is 12.6 Å². The van der Waals surface area contributed by atoms with Crippen LogP contribution in [0.5, 0.6) is 5.75 Å². The largest absolute Gasteiger partial charge is 0.496 e. The lowest BCUT2D eigenvalue weighted by molar-refractivity contribution is -1.03. The molecule has 3 amide bonds. The highest BCUT2D eigenvalue weighted by molar-refractivity contribution is 5.96. The van der Waals surface area contributed by atoms with Gasteiger partial charge in [0, 0.05) is 12.6 Å². The Morgan fingerprint density at radius 3 is 2.43 bits per heavy atom. The zero-order chi connectivity index (χ0) is 21.5. The van der Waals surface area contributed by atoms with Crippen molar-refractivity contribution in [3.05, 3.63) is 65.5 Å². The van der Waals surface area contributed by atoms with Crippen LogP contribution >= 0.6 is 0 Å². The molecule has 0 spiro atoms. The molecule has 0 bridgehead atoms. The van der Waals surface area contributed by atoms with Crippen molar-refractivity contribution in [2.75, 3.05) is 40.3 Å². The van der Waals surface area contributed by atoms with E-state index in [9.17, 15) is 14.0 Å². The Labute approximate surface area is 175 Å². The topological polar surface area (TPSA) is 76.3 Å². The Morgan fingerprint density at radius 1 is 1.10 bits per heavy atom. The molecule has 30 heavy (non-hydrogen) atoms. The molecule has 1 aliphatic heterocycles. The maximum atomic E-state index is 13.7. The summed E-state index contributed by atoms with van der Waals surface area (Å²) in [5.41, 5.74) is 1.72. The van der Waals surface area contributed by atoms with E-state index in [1.807, 2.05) is 30.3 Å². The number of hydrogen-bond acceptors (Lipinski definition) is 3. The molecule has 2 aromatic rings. The van der Waals surface area contributed by atoms with Crippen molar-refractivity contribution >= 4 is 11.9 Å². The van der Waals surface area contributed by atoms with E-state index in [0.717, 1.165) is 42.2 Å². The van der Waals surface area contributed by atoms with Crippen LogP contribution in [0.15, 0.2) is 48.5 Å². The minimum Gasteiger partial charge on any atom is -0.496 e. The van der Waals surface area contributed by atoms with Crippen LogP contribution in [0, 0.1) is 5.82 Å². The molecular weight excluding hydrogens is 387 g/mol. The first-order valence-electron chi connectivity index (χ1n) is 10.1. The van der Waals surface area contributed by atoms with E-state index in [-0.39, 0.29) is 11.7 Å². The number of urea groups is 1. The highest BCUT2D eigenvalue weighted by atomic mass is 19.1. The summed E-state index contributed by atoms with van der Waals surface area (Å²) >= 11 is 0. The predicted molar refractivity (Wildman–Crippen MR) is 110 cm³/mol. The van der Waals surface area contributed by atoms with E-state index >= 15 is 0 Å². The summed E-state index contributed by atoms with van der Waals surface area (Å²) < 4.78 is 19.0. The summed E-state index contributed by atoms with van der Waals surface area (Å²) in [6.07, 6.45) is 0. The van der Waals surface area contributed by atoms with Gasteiger partial charge in [0.05, 0.1) is 12.7 Å². The first-order chi connectivity index (χ1) is 14.5. The normalized spacial score (nSPS) is 19.6. The first-order valence-corrected chi connectivity index (χ1v) is 10.1. The third-order valence-corrected chi connectivity index (χ3v) is 5.55. The molecule has 0 unspecified atom stereocenters. The molecular formula is C22H29FN4O3+2. The fraction of sp³-hybridized carbons (Fsp3) is 0.364. The van der Waals surface area contributed by atoms with Crippen molar-refractivity contribution in [1.82, 2.24) is 10.6 Å². The van der Waals surface area contributed by atoms with Crippen molar-refractivity contribution in [3.8, 4) is 5.75 Å². The quantitative estimate of drug-likeness (QED) is 0.504. The molecule has 0 aliphatic carbocycles. The number of rotatable bonds is 6. The van der Waals surface area contributed by atoms with Crippen molar-refractivity contribution in [3.63, 3.8) is 0 Å². The molecule has 4 N–H and O–H groups in total. The van der Waals surface area contributed by atoms with Crippen LogP contribution in [0.3, 0.4) is 0 Å². The smallest absolute Gasteiger partial charge is 0.321 e. The Balaban J connectivity index is 1.69. The predicted octanol–water partition coefficient (Wildman–Crippen LogP) is -0.685. The van der Waals surface area contributed by atoms with Gasteiger partial charge in [-0.25, -0.2) is 9.18 Å². The Kier molecular flexibility index (Phi) is 7.37. The number of carbonyl (C=O) groups is 2. The second-order valence-corrected chi connectivity index (χ2v) is 7.45. The van der Waals surface area contributed by atoms with Gasteiger partial charge in [-0.3, -0.25) is 10.1 Å². The molecule has 160 valence electrons. The molecule has 1 saturated heterocycles. The average molecular weight is 416 g/mol. The standard InChI is InChI=1S/C22H27FN4O3/c1-24-22(29)25-21(28)20(16-6-4-3-5-7-16)27-12-10-26(11-13-27)15-17-14-18(23)8-9-19(17)30-2/h3-9,14,20H,10-13,15H2,1-2H3,(H2,24,25,28,29)/p+2/t20-/m0/s1. The summed E-state index contributed by atoms with van der Waals surface area (Å²) in [5.74, 6) is 0.0982. The Hall–Kier alpha value is -2.97. The van der Waals surface area contributed by atoms with Gasteiger partial charge in [-0.2, -0.15) is 0 Å². The summed E-state index contributed by atoms with van der Waals surface area (Å²) in [5, 5.41) is 4.85. The molecule has 2 aromatic carbocycles. The SMILES string of the molecule is CNC(=O)NC(=O)[C@H](c1ccccc1)[NH+]1CC[NH+](Cc2cc(F)ccc2OC)CC1. The highest BCUT2D eigenvalue weighted by Gasteiger charge is 2.36. The van der Waals surface area contributed by atoms with Crippen LogP contribution in [-0.4, -0.2) is 52.3 Å². The lowest BCUT2D eigenvalue weighted by atomic mass is 10.0. The van der Waals surface area contributed by atoms with Gasteiger partial charge >= 0.3 is 6.03 Å². The van der Waals surface area contributed by atoms with E-state index in [1.165, 1.54) is 24.1 Å². The molecule has 0 aromatic heterocycles. The maximum Gasteiger partial charge on any atom is 0.321 e. The van der Waals surface area contributed by atoms with E-state index in [4.69, 9.17) is 4.74 Å². The van der Waals surface area contributed by atoms with E-state index < -0.39 is 12.1 Å². The van der Waals surface area contributed by atoms with Crippen LogP contribution in [-0.2, 0) is 11.3 Å². The monoisotopic (exact) mass is 416 g/mol. The number of nitrogens with one attached hydrogen (secondary N) is 4. The number of imide groups is 1. The number of carbonyl (C=O) groups excluding carboxylic acids is 2. The number of piperazine rings is 1. The van der Waals surface area contributed by atoms with Gasteiger partial charge in [0.15, 0.2) is 6.04 Å². The third-order valence-electron chi connectivity index (χ3n) is 5.55. The van der Waals surface area contributed by atoms with Crippen LogP contribution in [0.2, 0.25) is 0 Å². The third kappa shape index (κ3) is 5.34. The van der Waals surface area contributed by atoms with Gasteiger partial charge in [0.25, 0.3) is 5.91 Å². The average Bonchev–Trinajstić information content (AvgIpc) is 2.76. The number of benzene rings is 2. The van der Waals surface area contributed by atoms with E-state index in [0.29, 0.717) is 12.3 Å². The summed E-state index contributed by atoms with van der Waals surface area (Å²) in [7, 11) is 3.07. The highest BCUT2D eigenvalue weighted by Crippen LogP contribution is 2.18. The van der Waals surface area contributed by atoms with E-state index in [2.05, 4.69) is 10.6 Å². The second kappa shape index (κ2) is 10.2. The maximum absolute atomic E-state index is 13.7. The summed E-state index contributed by atoms with van der Waals surface area (Å²) in [6.45, 7) is 3.83. The number of hydrogen-bond donors (Lipinski definition) is 4. The minimum atomic E-state index is -0.511. The minimum absolute atomic E-state index is 0.274. The summed E-state index contributed by atoms with van der Waals surface area (Å²) in [4.78, 5) is 26.9. The van der Waals surface area contributed by atoms with Crippen molar-refractivity contribution < 1.29 is 28.5 Å². The van der Waals surface area contributed by atoms with E-state index in [1.54, 1.807) is 13.2 Å². The molecule has 1 atom stereocenters. The van der Waals surface area contributed by atoms with Gasteiger partial charge in [0.1, 0.15) is 44.3 Å². The zero-order valence-electron chi connectivity index (χ0n) is 17.3. The number of quaternary nitrogens is 2. The molecule has 0 radical (unpaired) electrons. The molecule has 8 heteroatoms. The number of methoxy groups -OCH3 is 1. The van der Waals surface area contributed by atoms with Crippen LogP contribution in [0.1, 0.15) is 17.2 Å². The lowest BCUT2D eigenvalue weighted by Crippen LogP contribution is -3.28. The molecule has 1 aliphatic rings. The molecule has 0 saturated carbocycles. The van der Waals surface area contributed by atoms with Gasteiger partial charge in [-0.05, 0) is 18.2 Å². The zero-order valence-corrected chi connectivity index (χ0v) is 17.3. The van der Waals surface area contributed by atoms with Crippen molar-refractivity contribution in [2.24, 2.45) is 0 Å². The Bertz CT molecular complexity index is 870. The molecule has 1 heterocycles. The van der Waals surface area contributed by atoms with Gasteiger partial charge in [0.2, 0.25) is 0 Å². The number of halogens is 1. The Morgan fingerprint density at radius 2 is 1.80 bits per heavy atom. The molecule has 7 nitrogen and oxygen atoms in total. The fourth-order valence-electron chi connectivity index (χ4n) is 4.01. The molecule has 3 rings (SSSR count). The van der Waals surface area contributed by atoms with Gasteiger partial charge in [-0.1, -0.05) is 30.3 Å². The number of ether oxygens (including phenoxy) is 1.